The largest absolute Gasteiger partial charge is 0.488 e. The monoisotopic (exact) mass is 400 g/mol. The fourth-order valence-electron chi connectivity index (χ4n) is 2.55. The maximum Gasteiger partial charge on any atom is 0.412 e. The van der Waals surface area contributed by atoms with Gasteiger partial charge in [-0.3, -0.25) is 10.1 Å². The molecule has 0 atom stereocenters. The molecule has 0 aliphatic carbocycles. The van der Waals surface area contributed by atoms with Crippen LogP contribution in [0.3, 0.4) is 0 Å². The van der Waals surface area contributed by atoms with Crippen LogP contribution in [-0.4, -0.2) is 24.2 Å². The van der Waals surface area contributed by atoms with Crippen molar-refractivity contribution < 1.29 is 19.1 Å². The number of halogens is 1. The van der Waals surface area contributed by atoms with E-state index in [2.05, 4.69) is 10.6 Å². The molecular formula is C21H21ClN2O4. The van der Waals surface area contributed by atoms with Gasteiger partial charge in [-0.25, -0.2) is 4.79 Å². The molecule has 2 N–H and O–H groups in total. The van der Waals surface area contributed by atoms with Crippen LogP contribution in [0.4, 0.5) is 16.2 Å². The molecule has 6 nitrogen and oxygen atoms in total. The molecule has 0 saturated carbocycles. The van der Waals surface area contributed by atoms with E-state index in [4.69, 9.17) is 21.1 Å². The molecule has 2 aromatic carbocycles. The molecule has 0 saturated heterocycles. The number of hydrogen-bond acceptors (Lipinski definition) is 4. The second-order valence-corrected chi connectivity index (χ2v) is 7.74. The molecule has 1 aliphatic heterocycles. The fourth-order valence-corrected chi connectivity index (χ4v) is 2.73. The highest BCUT2D eigenvalue weighted by molar-refractivity contribution is 6.30. The van der Waals surface area contributed by atoms with Gasteiger partial charge in [-0.15, -0.1) is 0 Å². The third-order valence-electron chi connectivity index (χ3n) is 3.76. The third-order valence-corrected chi connectivity index (χ3v) is 4.00. The van der Waals surface area contributed by atoms with Gasteiger partial charge >= 0.3 is 6.09 Å². The van der Waals surface area contributed by atoms with Crippen LogP contribution in [0.25, 0.3) is 6.08 Å². The lowest BCUT2D eigenvalue weighted by atomic mass is 10.1. The zero-order chi connectivity index (χ0) is 20.3. The summed E-state index contributed by atoms with van der Waals surface area (Å²) < 4.78 is 10.8. The third kappa shape index (κ3) is 5.27. The lowest BCUT2D eigenvalue weighted by Gasteiger charge is -2.20. The summed E-state index contributed by atoms with van der Waals surface area (Å²) in [7, 11) is 0. The van der Waals surface area contributed by atoms with Crippen molar-refractivity contribution in [2.24, 2.45) is 0 Å². The molecule has 146 valence electrons. The highest BCUT2D eigenvalue weighted by Crippen LogP contribution is 2.29. The topological polar surface area (TPSA) is 76.7 Å². The van der Waals surface area contributed by atoms with Crippen molar-refractivity contribution >= 4 is 41.1 Å². The molecular weight excluding hydrogens is 380 g/mol. The van der Waals surface area contributed by atoms with Crippen LogP contribution in [0.5, 0.6) is 5.75 Å². The van der Waals surface area contributed by atoms with Gasteiger partial charge in [0.2, 0.25) is 0 Å². The van der Waals surface area contributed by atoms with Crippen LogP contribution in [-0.2, 0) is 9.53 Å². The normalized spacial score (nSPS) is 12.9. The second-order valence-electron chi connectivity index (χ2n) is 7.30. The summed E-state index contributed by atoms with van der Waals surface area (Å²) >= 11 is 6.00. The highest BCUT2D eigenvalue weighted by Gasteiger charge is 2.18. The van der Waals surface area contributed by atoms with Crippen LogP contribution in [0.1, 0.15) is 26.3 Å². The predicted octanol–water partition coefficient (Wildman–Crippen LogP) is 5.10. The van der Waals surface area contributed by atoms with Gasteiger partial charge in [-0.05, 0) is 69.3 Å². The first-order valence-electron chi connectivity index (χ1n) is 8.74. The highest BCUT2D eigenvalue weighted by atomic mass is 35.5. The Morgan fingerprint density at radius 3 is 2.32 bits per heavy atom. The number of anilines is 2. The van der Waals surface area contributed by atoms with Gasteiger partial charge in [0.05, 0.1) is 5.57 Å². The van der Waals surface area contributed by atoms with Gasteiger partial charge in [-0.2, -0.15) is 0 Å². The maximum atomic E-state index is 12.5. The number of amides is 2. The van der Waals surface area contributed by atoms with E-state index >= 15 is 0 Å². The SMILES string of the molecule is CC(C)(C)OC(=O)Nc1ccc(NC(=O)C2=Cc3cc(Cl)ccc3OC2)cc1. The van der Waals surface area contributed by atoms with Crippen LogP contribution in [0, 0.1) is 0 Å². The van der Waals surface area contributed by atoms with Crippen LogP contribution >= 0.6 is 11.6 Å². The summed E-state index contributed by atoms with van der Waals surface area (Å²) in [6.07, 6.45) is 1.23. The number of hydrogen-bond donors (Lipinski definition) is 2. The van der Waals surface area contributed by atoms with Crippen molar-refractivity contribution in [3.8, 4) is 5.75 Å². The van der Waals surface area contributed by atoms with Crippen molar-refractivity contribution in [3.05, 3.63) is 58.6 Å². The minimum absolute atomic E-state index is 0.179. The first kappa shape index (κ1) is 19.8. The summed E-state index contributed by atoms with van der Waals surface area (Å²) in [4.78, 5) is 24.3. The molecule has 0 aromatic heterocycles. The van der Waals surface area contributed by atoms with E-state index in [0.29, 0.717) is 27.7 Å². The van der Waals surface area contributed by atoms with Gasteiger partial charge in [0, 0.05) is 22.0 Å². The number of fused-ring (bicyclic) bond motifs is 1. The molecule has 0 spiro atoms. The van der Waals surface area contributed by atoms with Crippen LogP contribution in [0.2, 0.25) is 5.02 Å². The summed E-state index contributed by atoms with van der Waals surface area (Å²) in [5.41, 5.74) is 1.84. The number of rotatable bonds is 3. The van der Waals surface area contributed by atoms with Gasteiger partial charge in [0.15, 0.2) is 0 Å². The Labute approximate surface area is 168 Å². The quantitative estimate of drug-likeness (QED) is 0.751. The van der Waals surface area contributed by atoms with Gasteiger partial charge < -0.3 is 14.8 Å². The molecule has 0 bridgehead atoms. The molecule has 2 amide bonds. The predicted molar refractivity (Wildman–Crippen MR) is 110 cm³/mol. The Kier molecular flexibility index (Phi) is 5.61. The lowest BCUT2D eigenvalue weighted by molar-refractivity contribution is -0.113. The number of benzene rings is 2. The van der Waals surface area contributed by atoms with E-state index in [-0.39, 0.29) is 12.5 Å². The standard InChI is InChI=1S/C21H21ClN2O4/c1-21(2,3)28-20(26)24-17-7-5-16(6-8-17)23-19(25)14-10-13-11-15(22)4-9-18(13)27-12-14/h4-11H,12H2,1-3H3,(H,23,25)(H,24,26). The smallest absolute Gasteiger partial charge is 0.412 e. The first-order valence-corrected chi connectivity index (χ1v) is 9.12. The summed E-state index contributed by atoms with van der Waals surface area (Å²) in [6.45, 7) is 5.56. The van der Waals surface area contributed by atoms with Crippen molar-refractivity contribution in [2.45, 2.75) is 26.4 Å². The molecule has 3 rings (SSSR count). The molecule has 1 heterocycles. The van der Waals surface area contributed by atoms with E-state index in [0.717, 1.165) is 5.56 Å². The van der Waals surface area contributed by atoms with Crippen molar-refractivity contribution in [2.75, 3.05) is 17.2 Å². The molecule has 2 aromatic rings. The van der Waals surface area contributed by atoms with Crippen molar-refractivity contribution in [1.82, 2.24) is 0 Å². The lowest BCUT2D eigenvalue weighted by Crippen LogP contribution is -2.27. The Morgan fingerprint density at radius 1 is 1.04 bits per heavy atom. The molecule has 0 unspecified atom stereocenters. The average Bonchev–Trinajstić information content (AvgIpc) is 2.61. The Bertz CT molecular complexity index is 930. The molecule has 0 fully saturated rings. The van der Waals surface area contributed by atoms with Gasteiger partial charge in [0.25, 0.3) is 5.91 Å². The maximum absolute atomic E-state index is 12.5. The number of carbonyl (C=O) groups excluding carboxylic acids is 2. The molecule has 0 radical (unpaired) electrons. The summed E-state index contributed by atoms with van der Waals surface area (Å²) in [5, 5.41) is 6.03. The summed E-state index contributed by atoms with van der Waals surface area (Å²) in [5.74, 6) is 0.428. The molecule has 7 heteroatoms. The fraction of sp³-hybridized carbons (Fsp3) is 0.238. The number of carbonyl (C=O) groups is 2. The number of ether oxygens (including phenoxy) is 2. The molecule has 28 heavy (non-hydrogen) atoms. The van der Waals surface area contributed by atoms with Crippen LogP contribution < -0.4 is 15.4 Å². The minimum Gasteiger partial charge on any atom is -0.488 e. The second kappa shape index (κ2) is 7.94. The Balaban J connectivity index is 1.63. The van der Waals surface area contributed by atoms with E-state index in [9.17, 15) is 9.59 Å². The van der Waals surface area contributed by atoms with E-state index in [1.54, 1.807) is 69.3 Å². The van der Waals surface area contributed by atoms with E-state index < -0.39 is 11.7 Å². The summed E-state index contributed by atoms with van der Waals surface area (Å²) in [6, 6.07) is 12.0. The van der Waals surface area contributed by atoms with Crippen molar-refractivity contribution in [3.63, 3.8) is 0 Å². The zero-order valence-corrected chi connectivity index (χ0v) is 16.6. The zero-order valence-electron chi connectivity index (χ0n) is 15.8. The van der Waals surface area contributed by atoms with E-state index in [1.165, 1.54) is 0 Å². The van der Waals surface area contributed by atoms with Gasteiger partial charge in [0.1, 0.15) is 18.0 Å². The van der Waals surface area contributed by atoms with Crippen LogP contribution in [0.15, 0.2) is 48.0 Å². The average molecular weight is 401 g/mol. The van der Waals surface area contributed by atoms with Crippen molar-refractivity contribution in [1.29, 1.82) is 0 Å². The minimum atomic E-state index is -0.573. The molecule has 1 aliphatic rings. The van der Waals surface area contributed by atoms with E-state index in [1.807, 2.05) is 0 Å². The first-order chi connectivity index (χ1) is 13.2. The Hall–Kier alpha value is -2.99. The van der Waals surface area contributed by atoms with Gasteiger partial charge in [-0.1, -0.05) is 11.6 Å². The number of nitrogens with one attached hydrogen (secondary N) is 2. The Morgan fingerprint density at radius 2 is 1.68 bits per heavy atom.